The monoisotopic (exact) mass is 249 g/mol. The molecule has 1 atom stereocenters. The number of hydrogen-bond acceptors (Lipinski definition) is 2. The van der Waals surface area contributed by atoms with Gasteiger partial charge in [-0.1, -0.05) is 25.8 Å². The molecule has 2 nitrogen and oxygen atoms in total. The lowest BCUT2D eigenvalue weighted by molar-refractivity contribution is 0.460. The molecule has 1 heterocycles. The van der Waals surface area contributed by atoms with Crippen molar-refractivity contribution in [3.63, 3.8) is 0 Å². The summed E-state index contributed by atoms with van der Waals surface area (Å²) in [5, 5.41) is 3.56. The topological polar surface area (TPSA) is 25.2 Å². The van der Waals surface area contributed by atoms with Crippen LogP contribution in [-0.2, 0) is 0 Å². The second kappa shape index (κ2) is 8.15. The molecule has 0 bridgehead atoms. The molecule has 0 aliphatic rings. The fourth-order valence-corrected chi connectivity index (χ4v) is 2.42. The van der Waals surface area contributed by atoms with Gasteiger partial charge in [0.15, 0.2) is 0 Å². The van der Waals surface area contributed by atoms with Crippen molar-refractivity contribution in [1.29, 1.82) is 0 Å². The largest absolute Gasteiger partial charge is 0.466 e. The van der Waals surface area contributed by atoms with Gasteiger partial charge in [0.05, 0.1) is 0 Å². The zero-order valence-corrected chi connectivity index (χ0v) is 12.1. The zero-order valence-electron chi connectivity index (χ0n) is 12.1. The van der Waals surface area contributed by atoms with Crippen molar-refractivity contribution in [1.82, 2.24) is 5.32 Å². The third-order valence-corrected chi connectivity index (χ3v) is 3.31. The van der Waals surface area contributed by atoms with Crippen molar-refractivity contribution in [2.45, 2.75) is 58.9 Å². The van der Waals surface area contributed by atoms with E-state index in [0.717, 1.165) is 24.5 Å². The summed E-state index contributed by atoms with van der Waals surface area (Å²) < 4.78 is 5.63. The van der Waals surface area contributed by atoms with Crippen LogP contribution < -0.4 is 5.32 Å². The van der Waals surface area contributed by atoms with E-state index >= 15 is 0 Å². The second-order valence-electron chi connectivity index (χ2n) is 4.91. The predicted octanol–water partition coefficient (Wildman–Crippen LogP) is 4.68. The summed E-state index contributed by atoms with van der Waals surface area (Å²) in [7, 11) is 0. The molecule has 0 amide bonds. The van der Waals surface area contributed by atoms with Gasteiger partial charge in [0.1, 0.15) is 11.5 Å². The average Bonchev–Trinajstić information content (AvgIpc) is 2.67. The van der Waals surface area contributed by atoms with Crippen LogP contribution >= 0.6 is 0 Å². The lowest BCUT2D eigenvalue weighted by Gasteiger charge is -2.17. The molecule has 0 aliphatic heterocycles. The van der Waals surface area contributed by atoms with Gasteiger partial charge in [-0.2, -0.15) is 0 Å². The van der Waals surface area contributed by atoms with Gasteiger partial charge in [-0.25, -0.2) is 0 Å². The first-order valence-electron chi connectivity index (χ1n) is 7.10. The van der Waals surface area contributed by atoms with Crippen LogP contribution in [0.15, 0.2) is 23.1 Å². The Hall–Kier alpha value is -1.02. The first-order chi connectivity index (χ1) is 8.69. The minimum absolute atomic E-state index is 0.441. The Kier molecular flexibility index (Phi) is 6.81. The van der Waals surface area contributed by atoms with Crippen LogP contribution in [0.3, 0.4) is 0 Å². The number of furan rings is 1. The van der Waals surface area contributed by atoms with Crippen molar-refractivity contribution in [3.8, 4) is 0 Å². The van der Waals surface area contributed by atoms with Gasteiger partial charge in [-0.3, -0.25) is 0 Å². The number of rotatable bonds is 9. The van der Waals surface area contributed by atoms with Crippen molar-refractivity contribution in [2.24, 2.45) is 0 Å². The molecule has 1 N–H and O–H groups in total. The van der Waals surface area contributed by atoms with E-state index in [1.807, 2.05) is 13.0 Å². The quantitative estimate of drug-likeness (QED) is 0.507. The maximum atomic E-state index is 5.63. The van der Waals surface area contributed by atoms with Crippen molar-refractivity contribution in [2.75, 3.05) is 6.54 Å². The number of unbranched alkanes of at least 4 members (excludes halogenated alkanes) is 3. The Morgan fingerprint density at radius 2 is 2.11 bits per heavy atom. The van der Waals surface area contributed by atoms with Crippen molar-refractivity contribution in [3.05, 3.63) is 35.8 Å². The highest BCUT2D eigenvalue weighted by Crippen LogP contribution is 2.26. The molecule has 0 radical (unpaired) electrons. The number of hydrogen-bond donors (Lipinski definition) is 1. The molecule has 0 saturated heterocycles. The van der Waals surface area contributed by atoms with E-state index in [1.54, 1.807) is 0 Å². The third kappa shape index (κ3) is 4.69. The van der Waals surface area contributed by atoms with Crippen molar-refractivity contribution < 1.29 is 4.42 Å². The highest BCUT2D eigenvalue weighted by Gasteiger charge is 2.15. The SMILES string of the molecule is C=CCCCCCC(NCC)c1cc(C)oc1C. The van der Waals surface area contributed by atoms with Crippen LogP contribution in [0.25, 0.3) is 0 Å². The average molecular weight is 249 g/mol. The van der Waals surface area contributed by atoms with Gasteiger partial charge in [0.2, 0.25) is 0 Å². The highest BCUT2D eigenvalue weighted by molar-refractivity contribution is 5.24. The van der Waals surface area contributed by atoms with Gasteiger partial charge in [0.25, 0.3) is 0 Å². The maximum absolute atomic E-state index is 5.63. The van der Waals surface area contributed by atoms with Crippen LogP contribution in [0.5, 0.6) is 0 Å². The molecule has 102 valence electrons. The van der Waals surface area contributed by atoms with Gasteiger partial charge in [0, 0.05) is 11.6 Å². The van der Waals surface area contributed by atoms with E-state index in [-0.39, 0.29) is 0 Å². The van der Waals surface area contributed by atoms with Crippen LogP contribution in [0.4, 0.5) is 0 Å². The Balaban J connectivity index is 2.49. The first-order valence-corrected chi connectivity index (χ1v) is 7.10. The standard InChI is InChI=1S/C16H27NO/c1-5-7-8-9-10-11-16(17-6-2)15-12-13(3)18-14(15)4/h5,12,16-17H,1,6-11H2,2-4H3. The van der Waals surface area contributed by atoms with E-state index in [1.165, 1.54) is 31.2 Å². The molecule has 0 aliphatic carbocycles. The lowest BCUT2D eigenvalue weighted by Crippen LogP contribution is -2.21. The number of allylic oxidation sites excluding steroid dienone is 1. The Labute approximate surface area is 111 Å². The molecule has 1 rings (SSSR count). The molecule has 2 heteroatoms. The summed E-state index contributed by atoms with van der Waals surface area (Å²) in [4.78, 5) is 0. The molecular formula is C16H27NO. The van der Waals surface area contributed by atoms with E-state index in [9.17, 15) is 0 Å². The number of nitrogens with one attached hydrogen (secondary N) is 1. The van der Waals surface area contributed by atoms with E-state index in [4.69, 9.17) is 4.42 Å². The van der Waals surface area contributed by atoms with Crippen LogP contribution in [0.2, 0.25) is 0 Å². The summed E-state index contributed by atoms with van der Waals surface area (Å²) in [6, 6.07) is 2.61. The second-order valence-corrected chi connectivity index (χ2v) is 4.91. The molecule has 1 unspecified atom stereocenters. The Morgan fingerprint density at radius 3 is 2.67 bits per heavy atom. The third-order valence-electron chi connectivity index (χ3n) is 3.31. The summed E-state index contributed by atoms with van der Waals surface area (Å²) >= 11 is 0. The molecule has 18 heavy (non-hydrogen) atoms. The molecule has 0 aromatic carbocycles. The minimum Gasteiger partial charge on any atom is -0.466 e. The Morgan fingerprint density at radius 1 is 1.33 bits per heavy atom. The predicted molar refractivity (Wildman–Crippen MR) is 77.9 cm³/mol. The Bertz CT molecular complexity index is 354. The van der Waals surface area contributed by atoms with E-state index in [2.05, 4.69) is 31.8 Å². The maximum Gasteiger partial charge on any atom is 0.105 e. The summed E-state index contributed by atoms with van der Waals surface area (Å²) in [5.41, 5.74) is 1.33. The van der Waals surface area contributed by atoms with Gasteiger partial charge in [-0.05, 0) is 45.7 Å². The summed E-state index contributed by atoms with van der Waals surface area (Å²) in [5.74, 6) is 2.07. The molecule has 1 aromatic rings. The molecule has 1 aromatic heterocycles. The lowest BCUT2D eigenvalue weighted by atomic mass is 10.00. The van der Waals surface area contributed by atoms with Gasteiger partial charge >= 0.3 is 0 Å². The normalized spacial score (nSPS) is 12.6. The molecular weight excluding hydrogens is 222 g/mol. The van der Waals surface area contributed by atoms with Crippen LogP contribution in [-0.4, -0.2) is 6.54 Å². The molecule has 0 fully saturated rings. The van der Waals surface area contributed by atoms with Crippen molar-refractivity contribution >= 4 is 0 Å². The van der Waals surface area contributed by atoms with Crippen LogP contribution in [0.1, 0.15) is 62.2 Å². The molecule has 0 saturated carbocycles. The van der Waals surface area contributed by atoms with Gasteiger partial charge < -0.3 is 9.73 Å². The first kappa shape index (κ1) is 15.0. The zero-order chi connectivity index (χ0) is 13.4. The van der Waals surface area contributed by atoms with Gasteiger partial charge in [-0.15, -0.1) is 6.58 Å². The number of aryl methyl sites for hydroxylation is 2. The highest BCUT2D eigenvalue weighted by atomic mass is 16.3. The van der Waals surface area contributed by atoms with E-state index in [0.29, 0.717) is 6.04 Å². The summed E-state index contributed by atoms with van der Waals surface area (Å²) in [6.45, 7) is 11.0. The van der Waals surface area contributed by atoms with Crippen LogP contribution in [0, 0.1) is 13.8 Å². The fourth-order valence-electron chi connectivity index (χ4n) is 2.42. The smallest absolute Gasteiger partial charge is 0.105 e. The minimum atomic E-state index is 0.441. The molecule has 0 spiro atoms. The summed E-state index contributed by atoms with van der Waals surface area (Å²) in [6.07, 6.45) is 8.12. The fraction of sp³-hybridized carbons (Fsp3) is 0.625. The van der Waals surface area contributed by atoms with E-state index < -0.39 is 0 Å².